The summed E-state index contributed by atoms with van der Waals surface area (Å²) in [5.74, 6) is 2.15. The monoisotopic (exact) mass is 445 g/mol. The number of hydrogen-bond acceptors (Lipinski definition) is 7. The number of fused-ring (bicyclic) bond motifs is 2. The first kappa shape index (κ1) is 20.6. The average Bonchev–Trinajstić information content (AvgIpc) is 3.47. The van der Waals surface area contributed by atoms with Crippen molar-refractivity contribution in [3.05, 3.63) is 47.7 Å². The van der Waals surface area contributed by atoms with E-state index in [1.165, 1.54) is 12.1 Å². The van der Waals surface area contributed by atoms with Crippen LogP contribution in [0.3, 0.4) is 0 Å². The van der Waals surface area contributed by atoms with Crippen molar-refractivity contribution in [3.8, 4) is 16.9 Å². The molecule has 8 nitrogen and oxygen atoms in total. The third-order valence-corrected chi connectivity index (χ3v) is 7.35. The first-order chi connectivity index (χ1) is 16.2. The molecule has 0 aliphatic carbocycles. The molecule has 0 aromatic carbocycles. The zero-order chi connectivity index (χ0) is 22.4. The fourth-order valence-electron chi connectivity index (χ4n) is 5.53. The van der Waals surface area contributed by atoms with Gasteiger partial charge in [0.05, 0.1) is 17.6 Å². The van der Waals surface area contributed by atoms with Gasteiger partial charge < -0.3 is 15.4 Å². The zero-order valence-electron chi connectivity index (χ0n) is 19.3. The van der Waals surface area contributed by atoms with E-state index < -0.39 is 0 Å². The summed E-state index contributed by atoms with van der Waals surface area (Å²) in [4.78, 5) is 12.3. The molecule has 172 valence electrons. The lowest BCUT2D eigenvalue weighted by Gasteiger charge is -2.35. The summed E-state index contributed by atoms with van der Waals surface area (Å²) in [6, 6.07) is 4.92. The molecular weight excluding hydrogens is 414 g/mol. The first-order valence-corrected chi connectivity index (χ1v) is 12.0. The Morgan fingerprint density at radius 3 is 2.82 bits per heavy atom. The summed E-state index contributed by atoms with van der Waals surface area (Å²) in [6.45, 7) is 7.09. The van der Waals surface area contributed by atoms with Crippen LogP contribution in [0, 0.1) is 6.92 Å². The Morgan fingerprint density at radius 2 is 2.06 bits per heavy atom. The number of piperidine rings is 1. The molecule has 1 atom stereocenters. The highest BCUT2D eigenvalue weighted by atomic mass is 16.5. The van der Waals surface area contributed by atoms with Crippen molar-refractivity contribution in [2.45, 2.75) is 44.8 Å². The van der Waals surface area contributed by atoms with Crippen LogP contribution in [0.15, 0.2) is 30.7 Å². The molecule has 3 aliphatic rings. The normalized spacial score (nSPS) is 21.1. The van der Waals surface area contributed by atoms with Crippen LogP contribution in [0.1, 0.15) is 42.1 Å². The maximum Gasteiger partial charge on any atom is 0.164 e. The van der Waals surface area contributed by atoms with Crippen LogP contribution in [0.5, 0.6) is 5.75 Å². The van der Waals surface area contributed by atoms with E-state index >= 15 is 0 Å². The maximum atomic E-state index is 6.29. The van der Waals surface area contributed by atoms with Gasteiger partial charge in [-0.25, -0.2) is 4.98 Å². The van der Waals surface area contributed by atoms with E-state index in [0.717, 1.165) is 78.7 Å². The van der Waals surface area contributed by atoms with Crippen LogP contribution in [0.25, 0.3) is 11.1 Å². The topological polar surface area (TPSA) is 80.1 Å². The second-order valence-electron chi connectivity index (χ2n) is 9.47. The second kappa shape index (κ2) is 8.43. The zero-order valence-corrected chi connectivity index (χ0v) is 19.3. The quantitative estimate of drug-likeness (QED) is 0.640. The standard InChI is InChI=1S/C25H31N7O/c1-16-24-23(11-22(29-16)17-5-9-32(10-6-17)19-3-7-26-13-19)30-25-21(15-33-24)20(4-8-27-25)18-12-28-31(2)14-18/h4,8,11-12,14,17,19,26H,3,5-7,9-10,13,15H2,1-2H3,(H,27,30)/t19-/m1/s1. The van der Waals surface area contributed by atoms with E-state index in [1.807, 2.05) is 36.4 Å². The number of nitrogens with zero attached hydrogens (tertiary/aromatic N) is 5. The summed E-state index contributed by atoms with van der Waals surface area (Å²) < 4.78 is 8.11. The lowest BCUT2D eigenvalue weighted by molar-refractivity contribution is 0.160. The number of hydrogen-bond donors (Lipinski definition) is 2. The summed E-state index contributed by atoms with van der Waals surface area (Å²) in [5.41, 5.74) is 6.27. The summed E-state index contributed by atoms with van der Waals surface area (Å²) in [7, 11) is 1.93. The number of aryl methyl sites for hydroxylation is 2. The Bertz CT molecular complexity index is 1160. The van der Waals surface area contributed by atoms with Gasteiger partial charge in [0.2, 0.25) is 0 Å². The van der Waals surface area contributed by atoms with Gasteiger partial charge in [0.1, 0.15) is 12.4 Å². The van der Waals surface area contributed by atoms with Gasteiger partial charge in [0.15, 0.2) is 5.75 Å². The lowest BCUT2D eigenvalue weighted by atomic mass is 9.91. The minimum Gasteiger partial charge on any atom is -0.485 e. The van der Waals surface area contributed by atoms with Crippen molar-refractivity contribution in [2.24, 2.45) is 7.05 Å². The van der Waals surface area contributed by atoms with Crippen molar-refractivity contribution in [1.82, 2.24) is 30.0 Å². The lowest BCUT2D eigenvalue weighted by Crippen LogP contribution is -2.42. The minimum absolute atomic E-state index is 0.448. The SMILES string of the molecule is Cc1nc(C2CCN([C@@H]3CCNC3)CC2)cc2c1OCc1c(-c3cnn(C)c3)ccnc1N2. The summed E-state index contributed by atoms with van der Waals surface area (Å²) >= 11 is 0. The molecule has 0 saturated carbocycles. The molecule has 2 fully saturated rings. The van der Waals surface area contributed by atoms with Crippen molar-refractivity contribution in [1.29, 1.82) is 0 Å². The molecule has 33 heavy (non-hydrogen) atoms. The van der Waals surface area contributed by atoms with Gasteiger partial charge in [-0.05, 0) is 63.5 Å². The molecule has 0 amide bonds. The van der Waals surface area contributed by atoms with Crippen molar-refractivity contribution < 1.29 is 4.74 Å². The Balaban J connectivity index is 1.26. The Hall–Kier alpha value is -2.97. The molecule has 3 aromatic rings. The molecule has 8 heteroatoms. The molecule has 0 bridgehead atoms. The van der Waals surface area contributed by atoms with Gasteiger partial charge in [0.25, 0.3) is 0 Å². The van der Waals surface area contributed by atoms with E-state index in [4.69, 9.17) is 9.72 Å². The van der Waals surface area contributed by atoms with Gasteiger partial charge in [0, 0.05) is 54.8 Å². The average molecular weight is 446 g/mol. The predicted molar refractivity (Wildman–Crippen MR) is 128 cm³/mol. The molecule has 2 N–H and O–H groups in total. The molecule has 6 heterocycles. The molecular formula is C25H31N7O. The minimum atomic E-state index is 0.448. The van der Waals surface area contributed by atoms with Crippen LogP contribution >= 0.6 is 0 Å². The van der Waals surface area contributed by atoms with Crippen LogP contribution in [-0.4, -0.2) is 56.9 Å². The highest BCUT2D eigenvalue weighted by Gasteiger charge is 2.29. The van der Waals surface area contributed by atoms with Crippen LogP contribution in [0.4, 0.5) is 11.5 Å². The summed E-state index contributed by atoms with van der Waals surface area (Å²) in [6.07, 6.45) is 9.33. The fraction of sp³-hybridized carbons (Fsp3) is 0.480. The van der Waals surface area contributed by atoms with Gasteiger partial charge in [-0.1, -0.05) is 0 Å². The van der Waals surface area contributed by atoms with E-state index in [2.05, 4.69) is 38.6 Å². The van der Waals surface area contributed by atoms with Crippen LogP contribution < -0.4 is 15.4 Å². The number of nitrogens with one attached hydrogen (secondary N) is 2. The number of ether oxygens (including phenoxy) is 1. The Labute approximate surface area is 194 Å². The number of rotatable bonds is 3. The molecule has 3 aromatic heterocycles. The Kier molecular flexibility index (Phi) is 5.27. The molecule has 0 radical (unpaired) electrons. The van der Waals surface area contributed by atoms with Gasteiger partial charge in [-0.15, -0.1) is 0 Å². The molecule has 0 unspecified atom stereocenters. The van der Waals surface area contributed by atoms with E-state index in [0.29, 0.717) is 18.6 Å². The molecule has 0 spiro atoms. The Morgan fingerprint density at radius 1 is 1.18 bits per heavy atom. The molecule has 2 saturated heterocycles. The largest absolute Gasteiger partial charge is 0.485 e. The highest BCUT2D eigenvalue weighted by Crippen LogP contribution is 2.40. The first-order valence-electron chi connectivity index (χ1n) is 12.0. The second-order valence-corrected chi connectivity index (χ2v) is 9.47. The van der Waals surface area contributed by atoms with E-state index in [1.54, 1.807) is 0 Å². The van der Waals surface area contributed by atoms with E-state index in [-0.39, 0.29) is 0 Å². The predicted octanol–water partition coefficient (Wildman–Crippen LogP) is 3.36. The van der Waals surface area contributed by atoms with Crippen molar-refractivity contribution in [2.75, 3.05) is 31.5 Å². The van der Waals surface area contributed by atoms with Crippen LogP contribution in [0.2, 0.25) is 0 Å². The van der Waals surface area contributed by atoms with Crippen molar-refractivity contribution in [3.63, 3.8) is 0 Å². The maximum absolute atomic E-state index is 6.29. The fourth-order valence-corrected chi connectivity index (χ4v) is 5.53. The van der Waals surface area contributed by atoms with E-state index in [9.17, 15) is 0 Å². The number of pyridine rings is 2. The molecule has 3 aliphatic heterocycles. The van der Waals surface area contributed by atoms with Gasteiger partial charge in [-0.2, -0.15) is 5.10 Å². The smallest absolute Gasteiger partial charge is 0.164 e. The molecule has 6 rings (SSSR count). The van der Waals surface area contributed by atoms with Gasteiger partial charge >= 0.3 is 0 Å². The summed E-state index contributed by atoms with van der Waals surface area (Å²) in [5, 5.41) is 11.4. The van der Waals surface area contributed by atoms with Gasteiger partial charge in [-0.3, -0.25) is 14.6 Å². The third-order valence-electron chi connectivity index (χ3n) is 7.35. The third kappa shape index (κ3) is 3.87. The highest BCUT2D eigenvalue weighted by molar-refractivity contribution is 5.76. The van der Waals surface area contributed by atoms with Crippen LogP contribution in [-0.2, 0) is 13.7 Å². The van der Waals surface area contributed by atoms with Crippen molar-refractivity contribution >= 4 is 11.5 Å². The number of likely N-dealkylation sites (tertiary alicyclic amines) is 1. The number of anilines is 2. The number of aromatic nitrogens is 4.